The molecule has 0 saturated heterocycles. The Kier molecular flexibility index (Phi) is 8.25. The van der Waals surface area contributed by atoms with Gasteiger partial charge in [0.15, 0.2) is 0 Å². The van der Waals surface area contributed by atoms with E-state index in [9.17, 15) is 16.8 Å². The summed E-state index contributed by atoms with van der Waals surface area (Å²) in [4.78, 5) is 0. The Balaban J connectivity index is 2.09. The summed E-state index contributed by atoms with van der Waals surface area (Å²) in [5, 5.41) is 0. The minimum absolute atomic E-state index is 0.272. The van der Waals surface area contributed by atoms with Crippen LogP contribution in [-0.2, 0) is 33.1 Å². The summed E-state index contributed by atoms with van der Waals surface area (Å²) >= 11 is 0. The summed E-state index contributed by atoms with van der Waals surface area (Å²) in [7, 11) is -7.91. The van der Waals surface area contributed by atoms with Crippen molar-refractivity contribution in [3.8, 4) is 11.1 Å². The molecule has 0 bridgehead atoms. The van der Waals surface area contributed by atoms with Crippen LogP contribution in [0.2, 0.25) is 0 Å². The molecule has 30 heavy (non-hydrogen) atoms. The number of nitrogen functional groups attached to an aromatic ring is 2. The number of benzene rings is 2. The molecule has 166 valence electrons. The maximum atomic E-state index is 10.8. The van der Waals surface area contributed by atoms with Crippen molar-refractivity contribution >= 4 is 31.6 Å². The Hall–Kier alpha value is -2.14. The first-order valence-electron chi connectivity index (χ1n) is 9.62. The fraction of sp³-hybridized carbons (Fsp3) is 0.400. The Morgan fingerprint density at radius 2 is 1.00 bits per heavy atom. The van der Waals surface area contributed by atoms with Crippen LogP contribution in [0.4, 0.5) is 11.4 Å². The monoisotopic (exact) mass is 456 g/mol. The van der Waals surface area contributed by atoms with Crippen molar-refractivity contribution in [2.24, 2.45) is 0 Å². The zero-order chi connectivity index (χ0) is 22.4. The fourth-order valence-electron chi connectivity index (χ4n) is 3.20. The van der Waals surface area contributed by atoms with Gasteiger partial charge < -0.3 is 11.5 Å². The molecule has 2 aromatic carbocycles. The maximum Gasteiger partial charge on any atom is 0.264 e. The molecule has 0 fully saturated rings. The van der Waals surface area contributed by atoms with Gasteiger partial charge in [-0.25, -0.2) is 0 Å². The van der Waals surface area contributed by atoms with Gasteiger partial charge in [0.2, 0.25) is 0 Å². The molecule has 0 heterocycles. The van der Waals surface area contributed by atoms with Crippen LogP contribution in [0, 0.1) is 0 Å². The second kappa shape index (κ2) is 10.3. The Morgan fingerprint density at radius 1 is 0.633 bits per heavy atom. The first kappa shape index (κ1) is 24.1. The largest absolute Gasteiger partial charge is 0.399 e. The van der Waals surface area contributed by atoms with E-state index in [4.69, 9.17) is 20.6 Å². The van der Waals surface area contributed by atoms with Gasteiger partial charge in [0, 0.05) is 11.4 Å². The second-order valence-electron chi connectivity index (χ2n) is 7.31. The van der Waals surface area contributed by atoms with Crippen LogP contribution in [0.5, 0.6) is 0 Å². The molecule has 0 aromatic heterocycles. The fourth-order valence-corrected chi connectivity index (χ4v) is 4.34. The van der Waals surface area contributed by atoms with E-state index in [0.717, 1.165) is 22.3 Å². The van der Waals surface area contributed by atoms with E-state index < -0.39 is 20.2 Å². The lowest BCUT2D eigenvalue weighted by Crippen LogP contribution is -2.04. The highest BCUT2D eigenvalue weighted by molar-refractivity contribution is 7.86. The molecular formula is C20H28N2O6S2. The third-order valence-corrected chi connectivity index (χ3v) is 6.43. The molecule has 0 atom stereocenters. The van der Waals surface area contributed by atoms with E-state index in [1.165, 1.54) is 0 Å². The number of hydrogen-bond donors (Lipinski definition) is 4. The lowest BCUT2D eigenvalue weighted by atomic mass is 9.96. The number of hydrogen-bond acceptors (Lipinski definition) is 6. The van der Waals surface area contributed by atoms with Gasteiger partial charge in [0.05, 0.1) is 11.5 Å². The zero-order valence-corrected chi connectivity index (χ0v) is 18.3. The summed E-state index contributed by atoms with van der Waals surface area (Å²) in [5.74, 6) is -0.545. The van der Waals surface area contributed by atoms with Crippen LogP contribution in [0.3, 0.4) is 0 Å². The molecule has 0 saturated carbocycles. The quantitative estimate of drug-likeness (QED) is 0.228. The molecule has 10 heteroatoms. The summed E-state index contributed by atoms with van der Waals surface area (Å²) in [5.41, 5.74) is 17.0. The first-order chi connectivity index (χ1) is 13.9. The van der Waals surface area contributed by atoms with E-state index >= 15 is 0 Å². The molecule has 2 aromatic rings. The minimum atomic E-state index is -3.96. The van der Waals surface area contributed by atoms with Crippen molar-refractivity contribution in [1.82, 2.24) is 0 Å². The van der Waals surface area contributed by atoms with Crippen molar-refractivity contribution < 1.29 is 25.9 Å². The molecule has 8 nitrogen and oxygen atoms in total. The third-order valence-electron chi connectivity index (χ3n) is 4.82. The van der Waals surface area contributed by atoms with Crippen LogP contribution in [0.1, 0.15) is 36.8 Å². The van der Waals surface area contributed by atoms with Gasteiger partial charge in [-0.15, -0.1) is 0 Å². The smallest absolute Gasteiger partial charge is 0.264 e. The van der Waals surface area contributed by atoms with Gasteiger partial charge in [-0.05, 0) is 85.0 Å². The molecule has 0 radical (unpaired) electrons. The summed E-state index contributed by atoms with van der Waals surface area (Å²) in [6.45, 7) is 0. The molecule has 2 rings (SSSR count). The van der Waals surface area contributed by atoms with Crippen molar-refractivity contribution in [2.45, 2.75) is 38.5 Å². The van der Waals surface area contributed by atoms with E-state index in [2.05, 4.69) is 0 Å². The van der Waals surface area contributed by atoms with Gasteiger partial charge in [-0.3, -0.25) is 9.11 Å². The van der Waals surface area contributed by atoms with E-state index in [-0.39, 0.29) is 11.5 Å². The number of anilines is 2. The molecule has 6 N–H and O–H groups in total. The molecule has 0 amide bonds. The molecule has 0 aliphatic heterocycles. The van der Waals surface area contributed by atoms with Gasteiger partial charge in [-0.1, -0.05) is 12.1 Å². The molecule has 0 aliphatic carbocycles. The lowest BCUT2D eigenvalue weighted by Gasteiger charge is -2.12. The van der Waals surface area contributed by atoms with Gasteiger partial charge in [0.25, 0.3) is 20.2 Å². The van der Waals surface area contributed by atoms with Crippen molar-refractivity contribution in [3.05, 3.63) is 47.5 Å². The SMILES string of the molecule is Nc1ccc(-c2ccc(N)c(CCCCS(=O)(=O)O)c2)cc1CCCCS(=O)(=O)O. The third kappa shape index (κ3) is 8.31. The molecule has 0 spiro atoms. The van der Waals surface area contributed by atoms with Crippen LogP contribution in [0.25, 0.3) is 11.1 Å². The van der Waals surface area contributed by atoms with E-state index in [1.54, 1.807) is 12.1 Å². The first-order valence-corrected chi connectivity index (χ1v) is 12.8. The highest BCUT2D eigenvalue weighted by atomic mass is 32.2. The highest BCUT2D eigenvalue weighted by Gasteiger charge is 2.09. The Morgan fingerprint density at radius 3 is 1.33 bits per heavy atom. The zero-order valence-electron chi connectivity index (χ0n) is 16.6. The average molecular weight is 457 g/mol. The second-order valence-corrected chi connectivity index (χ2v) is 10.5. The normalized spacial score (nSPS) is 12.2. The standard InChI is InChI=1S/C20H28N2O6S2/c21-19-9-7-15(13-17(19)5-1-3-11-29(23,24)25)16-8-10-20(22)18(14-16)6-2-4-12-30(26,27)28/h7-10,13-14H,1-6,11-12,21-22H2,(H,23,24,25)(H,26,27,28). The number of unbranched alkanes of at least 4 members (excludes halogenated alkanes) is 2. The van der Waals surface area contributed by atoms with Crippen molar-refractivity contribution in [1.29, 1.82) is 0 Å². The predicted molar refractivity (Wildman–Crippen MR) is 119 cm³/mol. The van der Waals surface area contributed by atoms with E-state index in [1.807, 2.05) is 24.3 Å². The van der Waals surface area contributed by atoms with E-state index in [0.29, 0.717) is 49.9 Å². The molecular weight excluding hydrogens is 428 g/mol. The number of aryl methyl sites for hydroxylation is 2. The van der Waals surface area contributed by atoms with Crippen LogP contribution in [-0.4, -0.2) is 37.4 Å². The van der Waals surface area contributed by atoms with Gasteiger partial charge in [0.1, 0.15) is 0 Å². The molecule has 0 aliphatic rings. The number of rotatable bonds is 11. The number of nitrogens with two attached hydrogens (primary N) is 2. The lowest BCUT2D eigenvalue weighted by molar-refractivity contribution is 0.478. The summed E-state index contributed by atoms with van der Waals surface area (Å²) in [6.07, 6.45) is 3.03. The Labute approximate surface area is 177 Å². The van der Waals surface area contributed by atoms with Gasteiger partial charge in [-0.2, -0.15) is 16.8 Å². The van der Waals surface area contributed by atoms with Crippen molar-refractivity contribution in [2.75, 3.05) is 23.0 Å². The van der Waals surface area contributed by atoms with Crippen LogP contribution < -0.4 is 11.5 Å². The summed E-state index contributed by atoms with van der Waals surface area (Å²) < 4.78 is 61.0. The Bertz CT molecular complexity index is 995. The minimum Gasteiger partial charge on any atom is -0.399 e. The molecule has 0 unspecified atom stereocenters. The van der Waals surface area contributed by atoms with Crippen LogP contribution >= 0.6 is 0 Å². The summed E-state index contributed by atoms with van der Waals surface area (Å²) in [6, 6.07) is 11.3. The predicted octanol–water partition coefficient (Wildman–Crippen LogP) is 2.94. The van der Waals surface area contributed by atoms with Crippen LogP contribution in [0.15, 0.2) is 36.4 Å². The van der Waals surface area contributed by atoms with Crippen molar-refractivity contribution in [3.63, 3.8) is 0 Å². The highest BCUT2D eigenvalue weighted by Crippen LogP contribution is 2.28. The topological polar surface area (TPSA) is 161 Å². The van der Waals surface area contributed by atoms with Gasteiger partial charge >= 0.3 is 0 Å². The average Bonchev–Trinajstić information content (AvgIpc) is 2.63. The maximum absolute atomic E-state index is 10.8.